The molecule has 0 fully saturated rings. The summed E-state index contributed by atoms with van der Waals surface area (Å²) >= 11 is 1.58. The van der Waals surface area contributed by atoms with Crippen molar-refractivity contribution >= 4 is 21.6 Å². The van der Waals surface area contributed by atoms with Crippen LogP contribution >= 0.6 is 11.3 Å². The Morgan fingerprint density at radius 2 is 2.56 bits per heavy atom. The van der Waals surface area contributed by atoms with Gasteiger partial charge in [0.1, 0.15) is 0 Å². The Kier molecular flexibility index (Phi) is 0.960. The van der Waals surface area contributed by atoms with E-state index < -0.39 is 0 Å². The van der Waals surface area contributed by atoms with Gasteiger partial charge in [0.2, 0.25) is 0 Å². The molecule has 0 aliphatic rings. The van der Waals surface area contributed by atoms with E-state index in [1.807, 2.05) is 0 Å². The third-order valence-corrected chi connectivity index (χ3v) is 1.83. The second kappa shape index (κ2) is 1.77. The largest absolute Gasteiger partial charge is 0.262 e. The number of hydrogen-bond acceptors (Lipinski definition) is 3. The summed E-state index contributed by atoms with van der Waals surface area (Å²) < 4.78 is 1.09. The number of pyridine rings is 1. The van der Waals surface area contributed by atoms with E-state index >= 15 is 0 Å². The Morgan fingerprint density at radius 1 is 1.56 bits per heavy atom. The van der Waals surface area contributed by atoms with Gasteiger partial charge >= 0.3 is 0 Å². The molecule has 0 atom stereocenters. The lowest BCUT2D eigenvalue weighted by Crippen LogP contribution is -1.68. The maximum atomic E-state index is 4.04. The number of fused-ring (bicyclic) bond motifs is 1. The standard InChI is InChI=1S/C6H3N2S/c1-2-7-3-6-5(1)8-4-9-6/h2-4H. The summed E-state index contributed by atoms with van der Waals surface area (Å²) in [5.41, 5.74) is 2.71. The van der Waals surface area contributed by atoms with Crippen LogP contribution in [-0.2, 0) is 0 Å². The van der Waals surface area contributed by atoms with Crippen molar-refractivity contribution in [2.45, 2.75) is 0 Å². The molecule has 0 amide bonds. The SMILES string of the molecule is [c]1cncc2scnc12. The predicted octanol–water partition coefficient (Wildman–Crippen LogP) is 1.49. The van der Waals surface area contributed by atoms with Gasteiger partial charge in [0, 0.05) is 18.5 Å². The number of rotatable bonds is 0. The lowest BCUT2D eigenvalue weighted by Gasteiger charge is -1.79. The smallest absolute Gasteiger partial charge is 0.0922 e. The number of aromatic nitrogens is 2. The topological polar surface area (TPSA) is 25.8 Å². The molecular weight excluding hydrogens is 132 g/mol. The first kappa shape index (κ1) is 4.88. The minimum atomic E-state index is 0.912. The Hall–Kier alpha value is -0.960. The normalized spacial score (nSPS) is 10.2. The van der Waals surface area contributed by atoms with Gasteiger partial charge in [0.25, 0.3) is 0 Å². The summed E-state index contributed by atoms with van der Waals surface area (Å²) in [4.78, 5) is 7.94. The Bertz CT molecular complexity index is 285. The summed E-state index contributed by atoms with van der Waals surface area (Å²) in [6.07, 6.45) is 3.42. The second-order valence-electron chi connectivity index (χ2n) is 1.62. The number of hydrogen-bond donors (Lipinski definition) is 0. The van der Waals surface area contributed by atoms with Gasteiger partial charge in [0.05, 0.1) is 15.7 Å². The van der Waals surface area contributed by atoms with Crippen LogP contribution in [-0.4, -0.2) is 9.97 Å². The van der Waals surface area contributed by atoms with Crippen LogP contribution in [0.4, 0.5) is 0 Å². The fourth-order valence-electron chi connectivity index (χ4n) is 0.659. The van der Waals surface area contributed by atoms with E-state index in [-0.39, 0.29) is 0 Å². The Balaban J connectivity index is 2.95. The second-order valence-corrected chi connectivity index (χ2v) is 2.50. The van der Waals surface area contributed by atoms with Gasteiger partial charge in [0.15, 0.2) is 0 Å². The van der Waals surface area contributed by atoms with E-state index in [0.29, 0.717) is 0 Å². The molecule has 43 valence electrons. The van der Waals surface area contributed by atoms with Crippen LogP contribution in [0.3, 0.4) is 0 Å². The minimum absolute atomic E-state index is 0.912. The first-order chi connectivity index (χ1) is 4.47. The third-order valence-electron chi connectivity index (χ3n) is 1.06. The molecule has 0 saturated heterocycles. The molecule has 1 radical (unpaired) electrons. The van der Waals surface area contributed by atoms with Crippen LogP contribution in [0.2, 0.25) is 0 Å². The molecule has 2 rings (SSSR count). The fraction of sp³-hybridized carbons (Fsp3) is 0. The fourth-order valence-corrected chi connectivity index (χ4v) is 1.28. The van der Waals surface area contributed by atoms with Crippen molar-refractivity contribution in [1.82, 2.24) is 9.97 Å². The maximum absolute atomic E-state index is 4.04. The van der Waals surface area contributed by atoms with Crippen LogP contribution in [0.25, 0.3) is 10.2 Å². The summed E-state index contributed by atoms with van der Waals surface area (Å²) in [6.45, 7) is 0. The zero-order valence-corrected chi connectivity index (χ0v) is 5.35. The van der Waals surface area contributed by atoms with Crippen molar-refractivity contribution in [1.29, 1.82) is 0 Å². The highest BCUT2D eigenvalue weighted by Crippen LogP contribution is 2.13. The molecule has 0 aromatic carbocycles. The van der Waals surface area contributed by atoms with E-state index in [1.165, 1.54) is 0 Å². The first-order valence-electron chi connectivity index (χ1n) is 2.52. The molecule has 0 saturated carbocycles. The van der Waals surface area contributed by atoms with Crippen molar-refractivity contribution < 1.29 is 0 Å². The molecule has 2 heterocycles. The van der Waals surface area contributed by atoms with E-state index in [4.69, 9.17) is 0 Å². The van der Waals surface area contributed by atoms with Gasteiger partial charge in [-0.2, -0.15) is 0 Å². The van der Waals surface area contributed by atoms with E-state index in [0.717, 1.165) is 10.2 Å². The average Bonchev–Trinajstić information content (AvgIpc) is 2.33. The monoisotopic (exact) mass is 135 g/mol. The van der Waals surface area contributed by atoms with Crippen molar-refractivity contribution in [3.8, 4) is 0 Å². The molecular formula is C6H3N2S. The van der Waals surface area contributed by atoms with E-state index in [1.54, 1.807) is 29.2 Å². The highest BCUT2D eigenvalue weighted by molar-refractivity contribution is 7.16. The van der Waals surface area contributed by atoms with Crippen LogP contribution in [0.5, 0.6) is 0 Å². The average molecular weight is 135 g/mol. The van der Waals surface area contributed by atoms with Gasteiger partial charge < -0.3 is 0 Å². The molecule has 2 aromatic heterocycles. The van der Waals surface area contributed by atoms with Crippen LogP contribution in [0, 0.1) is 6.07 Å². The third kappa shape index (κ3) is 0.695. The van der Waals surface area contributed by atoms with Crippen molar-refractivity contribution in [3.63, 3.8) is 0 Å². The van der Waals surface area contributed by atoms with Crippen LogP contribution in [0.15, 0.2) is 17.9 Å². The van der Waals surface area contributed by atoms with E-state index in [2.05, 4.69) is 16.0 Å². The first-order valence-corrected chi connectivity index (χ1v) is 3.40. The molecule has 0 aliphatic carbocycles. The predicted molar refractivity (Wildman–Crippen MR) is 36.3 cm³/mol. The van der Waals surface area contributed by atoms with Gasteiger partial charge in [-0.1, -0.05) is 0 Å². The number of thiazole rings is 1. The van der Waals surface area contributed by atoms with Gasteiger partial charge in [-0.3, -0.25) is 4.98 Å². The zero-order chi connectivity index (χ0) is 6.10. The summed E-state index contributed by atoms with van der Waals surface area (Å²) in [7, 11) is 0. The van der Waals surface area contributed by atoms with Gasteiger partial charge in [-0.25, -0.2) is 4.98 Å². The minimum Gasteiger partial charge on any atom is -0.262 e. The summed E-state index contributed by atoms with van der Waals surface area (Å²) in [5.74, 6) is 0. The highest BCUT2D eigenvalue weighted by Gasteiger charge is 1.91. The summed E-state index contributed by atoms with van der Waals surface area (Å²) in [5, 5.41) is 0. The van der Waals surface area contributed by atoms with Crippen molar-refractivity contribution in [2.24, 2.45) is 0 Å². The quantitative estimate of drug-likeness (QED) is 0.547. The maximum Gasteiger partial charge on any atom is 0.0922 e. The molecule has 0 spiro atoms. The molecule has 0 N–H and O–H groups in total. The highest BCUT2D eigenvalue weighted by atomic mass is 32.1. The Morgan fingerprint density at radius 3 is 3.44 bits per heavy atom. The molecule has 0 unspecified atom stereocenters. The molecule has 9 heavy (non-hydrogen) atoms. The zero-order valence-electron chi connectivity index (χ0n) is 4.53. The van der Waals surface area contributed by atoms with Crippen LogP contribution < -0.4 is 0 Å². The lowest BCUT2D eigenvalue weighted by molar-refractivity contribution is 1.35. The van der Waals surface area contributed by atoms with Gasteiger partial charge in [-0.05, 0) is 0 Å². The van der Waals surface area contributed by atoms with E-state index in [9.17, 15) is 0 Å². The molecule has 3 heteroatoms. The molecule has 2 nitrogen and oxygen atoms in total. The van der Waals surface area contributed by atoms with Crippen molar-refractivity contribution in [3.05, 3.63) is 24.0 Å². The van der Waals surface area contributed by atoms with Gasteiger partial charge in [-0.15, -0.1) is 11.3 Å². The van der Waals surface area contributed by atoms with Crippen LogP contribution in [0.1, 0.15) is 0 Å². The molecule has 2 aromatic rings. The van der Waals surface area contributed by atoms with Crippen molar-refractivity contribution in [2.75, 3.05) is 0 Å². The summed E-state index contributed by atoms with van der Waals surface area (Å²) in [6, 6.07) is 2.92. The number of nitrogens with zero attached hydrogens (tertiary/aromatic N) is 2. The Labute approximate surface area is 56.2 Å². The molecule has 0 bridgehead atoms. The lowest BCUT2D eigenvalue weighted by atomic mass is 10.5. The molecule has 0 aliphatic heterocycles.